The number of benzene rings is 1. The summed E-state index contributed by atoms with van der Waals surface area (Å²) in [6.07, 6.45) is 4.56. The third-order valence-electron chi connectivity index (χ3n) is 6.96. The van der Waals surface area contributed by atoms with Crippen molar-refractivity contribution in [2.24, 2.45) is 17.1 Å². The van der Waals surface area contributed by atoms with Crippen LogP contribution in [-0.4, -0.2) is 53.0 Å². The maximum atomic E-state index is 14.8. The molecule has 2 fully saturated rings. The lowest BCUT2D eigenvalue weighted by atomic mass is 9.81. The van der Waals surface area contributed by atoms with E-state index in [1.54, 1.807) is 18.2 Å². The molecule has 11 heteroatoms. The standard InChI is InChI=1S/C24H34FN9O/c1-14(2)20-13-33-7-5-6-17(33)11-22(20)30-23-21(25)12-28-24(31-23)29-16-8-18(10-19(9-16)35-4)34(32-27)15(3)26/h8-10,12,14,17,20,22,26-27H,5-7,11,13H2,1-4H3,(H2,28,29,30,31). The van der Waals surface area contributed by atoms with Gasteiger partial charge in [-0.25, -0.2) is 14.4 Å². The maximum absolute atomic E-state index is 14.8. The molecule has 0 bridgehead atoms. The molecule has 3 heterocycles. The summed E-state index contributed by atoms with van der Waals surface area (Å²) in [4.78, 5) is 11.1. The van der Waals surface area contributed by atoms with Crippen molar-refractivity contribution in [3.63, 3.8) is 0 Å². The van der Waals surface area contributed by atoms with Crippen LogP contribution in [0.25, 0.3) is 0 Å². The summed E-state index contributed by atoms with van der Waals surface area (Å²) in [6.45, 7) is 8.16. The van der Waals surface area contributed by atoms with Gasteiger partial charge in [0.2, 0.25) is 5.95 Å². The zero-order chi connectivity index (χ0) is 25.1. The molecule has 4 N–H and O–H groups in total. The lowest BCUT2D eigenvalue weighted by Gasteiger charge is -2.43. The number of nitrogens with one attached hydrogen (secondary N) is 4. The van der Waals surface area contributed by atoms with E-state index in [4.69, 9.17) is 15.7 Å². The van der Waals surface area contributed by atoms with Crippen molar-refractivity contribution in [3.8, 4) is 5.75 Å². The number of rotatable bonds is 8. The van der Waals surface area contributed by atoms with Crippen molar-refractivity contribution in [2.75, 3.05) is 35.8 Å². The predicted octanol–water partition coefficient (Wildman–Crippen LogP) is 5.04. The highest BCUT2D eigenvalue weighted by Crippen LogP contribution is 2.35. The Morgan fingerprint density at radius 2 is 2.14 bits per heavy atom. The average Bonchev–Trinajstić information content (AvgIpc) is 3.28. The molecule has 0 aliphatic carbocycles. The maximum Gasteiger partial charge on any atom is 0.229 e. The van der Waals surface area contributed by atoms with Crippen LogP contribution in [0.1, 0.15) is 40.0 Å². The van der Waals surface area contributed by atoms with Gasteiger partial charge in [-0.05, 0) is 50.6 Å². The third-order valence-corrected chi connectivity index (χ3v) is 6.96. The number of hydrogen-bond donors (Lipinski definition) is 4. The van der Waals surface area contributed by atoms with E-state index in [1.165, 1.54) is 33.1 Å². The fourth-order valence-corrected chi connectivity index (χ4v) is 5.17. The van der Waals surface area contributed by atoms with Gasteiger partial charge in [-0.2, -0.15) is 10.5 Å². The molecule has 4 rings (SSSR count). The van der Waals surface area contributed by atoms with Gasteiger partial charge in [0, 0.05) is 36.4 Å². The first-order chi connectivity index (χ1) is 16.8. The van der Waals surface area contributed by atoms with Gasteiger partial charge in [-0.3, -0.25) is 10.3 Å². The third kappa shape index (κ3) is 5.50. The summed E-state index contributed by atoms with van der Waals surface area (Å²) >= 11 is 0. The summed E-state index contributed by atoms with van der Waals surface area (Å²) in [5, 5.41) is 18.9. The second-order valence-corrected chi connectivity index (χ2v) is 9.62. The number of fused-ring (bicyclic) bond motifs is 1. The first-order valence-electron chi connectivity index (χ1n) is 12.0. The first kappa shape index (κ1) is 24.8. The van der Waals surface area contributed by atoms with E-state index in [0.29, 0.717) is 35.0 Å². The number of aromatic nitrogens is 2. The Balaban J connectivity index is 1.57. The Morgan fingerprint density at radius 1 is 1.34 bits per heavy atom. The first-order valence-corrected chi connectivity index (χ1v) is 12.0. The summed E-state index contributed by atoms with van der Waals surface area (Å²) < 4.78 is 20.1. The quantitative estimate of drug-likeness (QED) is 0.179. The van der Waals surface area contributed by atoms with Crippen molar-refractivity contribution in [2.45, 2.75) is 52.1 Å². The Labute approximate surface area is 205 Å². The monoisotopic (exact) mass is 483 g/mol. The van der Waals surface area contributed by atoms with Crippen molar-refractivity contribution in [3.05, 3.63) is 30.2 Å². The second-order valence-electron chi connectivity index (χ2n) is 9.62. The van der Waals surface area contributed by atoms with Gasteiger partial charge in [0.25, 0.3) is 0 Å². The van der Waals surface area contributed by atoms with Crippen LogP contribution in [0.2, 0.25) is 0 Å². The Kier molecular flexibility index (Phi) is 7.44. The normalized spacial score (nSPS) is 21.9. The van der Waals surface area contributed by atoms with Crippen molar-refractivity contribution in [1.29, 1.82) is 10.9 Å². The minimum absolute atomic E-state index is 0.0803. The molecule has 2 aliphatic rings. The van der Waals surface area contributed by atoms with E-state index in [0.717, 1.165) is 24.5 Å². The Hall–Kier alpha value is -3.34. The van der Waals surface area contributed by atoms with Crippen LogP contribution in [0.4, 0.5) is 27.5 Å². The molecule has 1 aromatic heterocycles. The van der Waals surface area contributed by atoms with Gasteiger partial charge < -0.3 is 15.4 Å². The molecule has 3 unspecified atom stereocenters. The molecule has 188 valence electrons. The van der Waals surface area contributed by atoms with Crippen LogP contribution < -0.4 is 20.4 Å². The highest BCUT2D eigenvalue weighted by atomic mass is 19.1. The largest absolute Gasteiger partial charge is 0.497 e. The zero-order valence-electron chi connectivity index (χ0n) is 20.7. The van der Waals surface area contributed by atoms with Gasteiger partial charge in [0.15, 0.2) is 11.6 Å². The summed E-state index contributed by atoms with van der Waals surface area (Å²) in [6, 6.07) is 5.78. The molecule has 35 heavy (non-hydrogen) atoms. The van der Waals surface area contributed by atoms with E-state index in [-0.39, 0.29) is 23.6 Å². The molecular formula is C24H34FN9O. The number of piperidine rings is 1. The highest BCUT2D eigenvalue weighted by Gasteiger charge is 2.39. The molecule has 0 spiro atoms. The predicted molar refractivity (Wildman–Crippen MR) is 134 cm³/mol. The number of nitrogens with zero attached hydrogens (tertiary/aromatic N) is 5. The van der Waals surface area contributed by atoms with E-state index >= 15 is 0 Å². The number of hydrogen-bond acceptors (Lipinski definition) is 9. The molecule has 2 aliphatic heterocycles. The molecule has 1 aromatic carbocycles. The van der Waals surface area contributed by atoms with Crippen molar-refractivity contribution < 1.29 is 9.13 Å². The topological polar surface area (TPSA) is 126 Å². The van der Waals surface area contributed by atoms with Gasteiger partial charge in [-0.1, -0.05) is 19.1 Å². The van der Waals surface area contributed by atoms with Crippen LogP contribution in [0.5, 0.6) is 5.75 Å². The number of halogens is 1. The molecule has 2 saturated heterocycles. The van der Waals surface area contributed by atoms with Gasteiger partial charge in [0.05, 0.1) is 19.0 Å². The lowest BCUT2D eigenvalue weighted by molar-refractivity contribution is 0.109. The molecule has 0 radical (unpaired) electrons. The van der Waals surface area contributed by atoms with Crippen molar-refractivity contribution >= 4 is 29.0 Å². The number of ether oxygens (including phenoxy) is 1. The Morgan fingerprint density at radius 3 is 2.83 bits per heavy atom. The van der Waals surface area contributed by atoms with Crippen LogP contribution in [-0.2, 0) is 0 Å². The fourth-order valence-electron chi connectivity index (χ4n) is 5.17. The number of anilines is 4. The van der Waals surface area contributed by atoms with Crippen LogP contribution in [0.3, 0.4) is 0 Å². The molecule has 3 atom stereocenters. The van der Waals surface area contributed by atoms with E-state index in [2.05, 4.69) is 44.6 Å². The van der Waals surface area contributed by atoms with Crippen LogP contribution >= 0.6 is 0 Å². The fraction of sp³-hybridized carbons (Fsp3) is 0.542. The average molecular weight is 484 g/mol. The van der Waals surface area contributed by atoms with Crippen molar-refractivity contribution in [1.82, 2.24) is 14.9 Å². The molecular weight excluding hydrogens is 449 g/mol. The molecule has 0 saturated carbocycles. The molecule has 10 nitrogen and oxygen atoms in total. The minimum Gasteiger partial charge on any atom is -0.497 e. The molecule has 2 aromatic rings. The van der Waals surface area contributed by atoms with Gasteiger partial charge >= 0.3 is 0 Å². The zero-order valence-corrected chi connectivity index (χ0v) is 20.7. The van der Waals surface area contributed by atoms with E-state index in [9.17, 15) is 4.39 Å². The molecule has 0 amide bonds. The Bertz CT molecular complexity index is 1080. The van der Waals surface area contributed by atoms with E-state index < -0.39 is 5.82 Å². The lowest BCUT2D eigenvalue weighted by Crippen LogP contribution is -2.51. The number of amidine groups is 1. The highest BCUT2D eigenvalue weighted by molar-refractivity contribution is 5.93. The number of methoxy groups -OCH3 is 1. The smallest absolute Gasteiger partial charge is 0.229 e. The minimum atomic E-state index is -0.489. The SMILES string of the molecule is COc1cc(Nc2ncc(F)c(NC3CC4CCCN4CC3C(C)C)n2)cc(N(N=N)C(C)=N)c1. The summed E-state index contributed by atoms with van der Waals surface area (Å²) in [5.74, 6) is 1.38. The second kappa shape index (κ2) is 10.5. The van der Waals surface area contributed by atoms with Crippen LogP contribution in [0.15, 0.2) is 29.6 Å². The summed E-state index contributed by atoms with van der Waals surface area (Å²) in [7, 11) is 1.53. The van der Waals surface area contributed by atoms with Gasteiger partial charge in [0.1, 0.15) is 11.6 Å². The van der Waals surface area contributed by atoms with Gasteiger partial charge in [-0.15, -0.1) is 0 Å². The van der Waals surface area contributed by atoms with E-state index in [1.807, 2.05) is 0 Å². The summed E-state index contributed by atoms with van der Waals surface area (Å²) in [5.41, 5.74) is 8.41. The van der Waals surface area contributed by atoms with Crippen LogP contribution in [0, 0.1) is 28.6 Å².